The summed E-state index contributed by atoms with van der Waals surface area (Å²) in [6.45, 7) is 3.60. The largest absolute Gasteiger partial charge is 0.381 e. The second-order valence-corrected chi connectivity index (χ2v) is 5.51. The molecule has 2 heterocycles. The van der Waals surface area contributed by atoms with Crippen LogP contribution >= 0.6 is 11.6 Å². The van der Waals surface area contributed by atoms with Crippen molar-refractivity contribution in [3.63, 3.8) is 0 Å². The van der Waals surface area contributed by atoms with Crippen LogP contribution in [-0.2, 0) is 16.2 Å². The highest BCUT2D eigenvalue weighted by Gasteiger charge is 2.32. The number of aromatic nitrogens is 2. The number of rotatable bonds is 2. The van der Waals surface area contributed by atoms with E-state index >= 15 is 0 Å². The molecule has 3 nitrogen and oxygen atoms in total. The van der Waals surface area contributed by atoms with Crippen LogP contribution in [0.15, 0.2) is 18.2 Å². The number of imidazole rings is 1. The molecule has 102 valence electrons. The fourth-order valence-corrected chi connectivity index (χ4v) is 3.00. The van der Waals surface area contributed by atoms with E-state index in [4.69, 9.17) is 16.3 Å². The van der Waals surface area contributed by atoms with Crippen LogP contribution in [0.4, 0.5) is 4.39 Å². The number of benzene rings is 1. The van der Waals surface area contributed by atoms with E-state index in [1.54, 1.807) is 12.1 Å². The van der Waals surface area contributed by atoms with Crippen LogP contribution in [0.5, 0.6) is 0 Å². The molecular formula is C14H16ClFN2O. The molecule has 0 amide bonds. The van der Waals surface area contributed by atoms with E-state index in [0.717, 1.165) is 29.7 Å². The summed E-state index contributed by atoms with van der Waals surface area (Å²) in [5.41, 5.74) is 1.51. The van der Waals surface area contributed by atoms with Crippen molar-refractivity contribution in [2.45, 2.75) is 31.2 Å². The molecule has 0 radical (unpaired) electrons. The van der Waals surface area contributed by atoms with Crippen molar-refractivity contribution >= 4 is 22.6 Å². The number of hydrogen-bond donors (Lipinski definition) is 0. The first kappa shape index (κ1) is 12.9. The first-order chi connectivity index (χ1) is 9.14. The van der Waals surface area contributed by atoms with Gasteiger partial charge in [-0.25, -0.2) is 9.37 Å². The Morgan fingerprint density at radius 3 is 2.84 bits per heavy atom. The van der Waals surface area contributed by atoms with E-state index in [0.29, 0.717) is 19.1 Å². The van der Waals surface area contributed by atoms with Crippen LogP contribution in [0, 0.1) is 5.82 Å². The third-order valence-corrected chi connectivity index (χ3v) is 4.15. The molecule has 19 heavy (non-hydrogen) atoms. The Labute approximate surface area is 116 Å². The van der Waals surface area contributed by atoms with Gasteiger partial charge in [0.05, 0.1) is 16.9 Å². The molecule has 1 aliphatic rings. The molecule has 0 N–H and O–H groups in total. The van der Waals surface area contributed by atoms with Crippen LogP contribution in [0.25, 0.3) is 11.0 Å². The third kappa shape index (κ3) is 2.13. The quantitative estimate of drug-likeness (QED) is 0.789. The summed E-state index contributed by atoms with van der Waals surface area (Å²) in [6, 6.07) is 4.68. The van der Waals surface area contributed by atoms with Crippen molar-refractivity contribution in [1.82, 2.24) is 9.55 Å². The van der Waals surface area contributed by atoms with E-state index in [1.807, 2.05) is 0 Å². The van der Waals surface area contributed by atoms with Gasteiger partial charge in [0.25, 0.3) is 0 Å². The smallest absolute Gasteiger partial charge is 0.125 e. The second-order valence-electron chi connectivity index (χ2n) is 5.24. The van der Waals surface area contributed by atoms with Gasteiger partial charge in [-0.05, 0) is 38.0 Å². The molecule has 0 saturated carbocycles. The number of alkyl halides is 1. The third-order valence-electron chi connectivity index (χ3n) is 3.92. The van der Waals surface area contributed by atoms with Gasteiger partial charge < -0.3 is 9.30 Å². The first-order valence-corrected chi connectivity index (χ1v) is 6.98. The average molecular weight is 283 g/mol. The highest BCUT2D eigenvalue weighted by Crippen LogP contribution is 2.34. The van der Waals surface area contributed by atoms with E-state index in [-0.39, 0.29) is 11.4 Å². The normalized spacial score (nSPS) is 18.9. The first-order valence-electron chi connectivity index (χ1n) is 6.45. The molecule has 0 bridgehead atoms. The lowest BCUT2D eigenvalue weighted by Gasteiger charge is -2.36. The molecule has 0 spiro atoms. The standard InChI is InChI=1S/C14H16ClFN2O/c1-14(4-6-19-7-5-14)18-12-8-10(16)2-3-11(12)17-13(18)9-15/h2-3,8H,4-7,9H2,1H3. The van der Waals surface area contributed by atoms with Gasteiger partial charge in [-0.2, -0.15) is 0 Å². The molecule has 0 unspecified atom stereocenters. The average Bonchev–Trinajstić information content (AvgIpc) is 2.78. The van der Waals surface area contributed by atoms with Gasteiger partial charge in [0.1, 0.15) is 11.6 Å². The Hall–Kier alpha value is -1.13. The van der Waals surface area contributed by atoms with Crippen molar-refractivity contribution in [2.24, 2.45) is 0 Å². The predicted molar refractivity (Wildman–Crippen MR) is 72.9 cm³/mol. The topological polar surface area (TPSA) is 27.1 Å². The predicted octanol–water partition coefficient (Wildman–Crippen LogP) is 3.44. The van der Waals surface area contributed by atoms with Gasteiger partial charge in [0.2, 0.25) is 0 Å². The lowest BCUT2D eigenvalue weighted by atomic mass is 9.91. The number of ether oxygens (including phenoxy) is 1. The van der Waals surface area contributed by atoms with Crippen LogP contribution in [0.3, 0.4) is 0 Å². The number of nitrogens with zero attached hydrogens (tertiary/aromatic N) is 2. The zero-order chi connectivity index (χ0) is 13.5. The Bertz CT molecular complexity index is 605. The van der Waals surface area contributed by atoms with E-state index in [2.05, 4.69) is 16.5 Å². The molecule has 1 aromatic heterocycles. The fourth-order valence-electron chi connectivity index (χ4n) is 2.83. The SMILES string of the molecule is CC1(n2c(CCl)nc3ccc(F)cc32)CCOCC1. The Morgan fingerprint density at radius 1 is 1.42 bits per heavy atom. The monoisotopic (exact) mass is 282 g/mol. The summed E-state index contributed by atoms with van der Waals surface area (Å²) >= 11 is 6.02. The molecule has 2 aromatic rings. The highest BCUT2D eigenvalue weighted by atomic mass is 35.5. The van der Waals surface area contributed by atoms with Gasteiger partial charge in [-0.15, -0.1) is 11.6 Å². The molecule has 1 aromatic carbocycles. The maximum Gasteiger partial charge on any atom is 0.125 e. The van der Waals surface area contributed by atoms with Crippen LogP contribution in [0.2, 0.25) is 0 Å². The van der Waals surface area contributed by atoms with Crippen molar-refractivity contribution in [3.8, 4) is 0 Å². The van der Waals surface area contributed by atoms with E-state index < -0.39 is 0 Å². The minimum absolute atomic E-state index is 0.106. The van der Waals surface area contributed by atoms with Crippen molar-refractivity contribution in [2.75, 3.05) is 13.2 Å². The zero-order valence-electron chi connectivity index (χ0n) is 10.8. The Morgan fingerprint density at radius 2 is 2.16 bits per heavy atom. The van der Waals surface area contributed by atoms with Crippen LogP contribution < -0.4 is 0 Å². The fraction of sp³-hybridized carbons (Fsp3) is 0.500. The lowest BCUT2D eigenvalue weighted by Crippen LogP contribution is -2.37. The summed E-state index contributed by atoms with van der Waals surface area (Å²) in [4.78, 5) is 4.52. The Balaban J connectivity index is 2.22. The minimum Gasteiger partial charge on any atom is -0.381 e. The number of hydrogen-bond acceptors (Lipinski definition) is 2. The van der Waals surface area contributed by atoms with Gasteiger partial charge in [0, 0.05) is 18.8 Å². The molecule has 1 fully saturated rings. The van der Waals surface area contributed by atoms with Gasteiger partial charge in [0.15, 0.2) is 0 Å². The summed E-state index contributed by atoms with van der Waals surface area (Å²) in [5, 5.41) is 0. The minimum atomic E-state index is -0.245. The lowest BCUT2D eigenvalue weighted by molar-refractivity contribution is 0.0302. The molecule has 5 heteroatoms. The maximum absolute atomic E-state index is 13.5. The highest BCUT2D eigenvalue weighted by molar-refractivity contribution is 6.16. The van der Waals surface area contributed by atoms with E-state index in [1.165, 1.54) is 6.07 Å². The molecule has 0 atom stereocenters. The zero-order valence-corrected chi connectivity index (χ0v) is 11.6. The molecule has 1 saturated heterocycles. The summed E-state index contributed by atoms with van der Waals surface area (Å²) in [7, 11) is 0. The summed E-state index contributed by atoms with van der Waals surface area (Å²) in [6.07, 6.45) is 1.78. The summed E-state index contributed by atoms with van der Waals surface area (Å²) in [5.74, 6) is 0.879. The van der Waals surface area contributed by atoms with Crippen LogP contribution in [0.1, 0.15) is 25.6 Å². The number of halogens is 2. The Kier molecular flexibility index (Phi) is 3.23. The van der Waals surface area contributed by atoms with Crippen molar-refractivity contribution in [1.29, 1.82) is 0 Å². The van der Waals surface area contributed by atoms with Crippen molar-refractivity contribution < 1.29 is 9.13 Å². The second kappa shape index (κ2) is 4.76. The van der Waals surface area contributed by atoms with Gasteiger partial charge in [-0.3, -0.25) is 0 Å². The van der Waals surface area contributed by atoms with Gasteiger partial charge >= 0.3 is 0 Å². The number of fused-ring (bicyclic) bond motifs is 1. The molecule has 3 rings (SSSR count). The maximum atomic E-state index is 13.5. The summed E-state index contributed by atoms with van der Waals surface area (Å²) < 4.78 is 21.1. The van der Waals surface area contributed by atoms with Crippen LogP contribution in [-0.4, -0.2) is 22.8 Å². The van der Waals surface area contributed by atoms with E-state index in [9.17, 15) is 4.39 Å². The molecular weight excluding hydrogens is 267 g/mol. The molecule has 0 aliphatic carbocycles. The van der Waals surface area contributed by atoms with Gasteiger partial charge in [-0.1, -0.05) is 0 Å². The van der Waals surface area contributed by atoms with Crippen molar-refractivity contribution in [3.05, 3.63) is 29.8 Å². The molecule has 1 aliphatic heterocycles.